The van der Waals surface area contributed by atoms with Gasteiger partial charge in [0.25, 0.3) is 0 Å². The molecule has 2 amide bonds. The van der Waals surface area contributed by atoms with E-state index in [0.717, 1.165) is 44.3 Å². The number of urea groups is 1. The fourth-order valence-electron chi connectivity index (χ4n) is 3.84. The molecule has 3 rings (SSSR count). The Bertz CT molecular complexity index is 553. The second-order valence-electron chi connectivity index (χ2n) is 6.64. The minimum atomic E-state index is -0.0851. The van der Waals surface area contributed by atoms with Crippen LogP contribution >= 0.6 is 0 Å². The van der Waals surface area contributed by atoms with E-state index >= 15 is 0 Å². The van der Waals surface area contributed by atoms with Crippen LogP contribution in [0, 0.1) is 5.92 Å². The van der Waals surface area contributed by atoms with Gasteiger partial charge in [-0.1, -0.05) is 12.1 Å². The average Bonchev–Trinajstić information content (AvgIpc) is 2.98. The third kappa shape index (κ3) is 3.61. The first-order valence-corrected chi connectivity index (χ1v) is 8.55. The van der Waals surface area contributed by atoms with Gasteiger partial charge in [0.1, 0.15) is 5.75 Å². The molecule has 3 N–H and O–H groups in total. The van der Waals surface area contributed by atoms with Crippen molar-refractivity contribution in [3.8, 4) is 5.75 Å². The zero-order chi connectivity index (χ0) is 16.2. The highest BCUT2D eigenvalue weighted by Gasteiger charge is 2.27. The molecular formula is C18H26N2O3. The van der Waals surface area contributed by atoms with Gasteiger partial charge in [0.15, 0.2) is 0 Å². The second kappa shape index (κ2) is 7.21. The lowest BCUT2D eigenvalue weighted by Gasteiger charge is -2.28. The molecule has 23 heavy (non-hydrogen) atoms. The number of aliphatic hydroxyl groups excluding tert-OH is 1. The molecule has 0 saturated heterocycles. The minimum absolute atomic E-state index is 0.0638. The van der Waals surface area contributed by atoms with Crippen molar-refractivity contribution in [3.63, 3.8) is 0 Å². The van der Waals surface area contributed by atoms with Crippen LogP contribution in [0.15, 0.2) is 18.2 Å². The first-order chi connectivity index (χ1) is 11.2. The summed E-state index contributed by atoms with van der Waals surface area (Å²) in [4.78, 5) is 12.3. The van der Waals surface area contributed by atoms with Gasteiger partial charge in [-0.25, -0.2) is 4.79 Å². The van der Waals surface area contributed by atoms with Crippen LogP contribution in [0.4, 0.5) is 4.79 Å². The van der Waals surface area contributed by atoms with Gasteiger partial charge in [0.05, 0.1) is 13.2 Å². The van der Waals surface area contributed by atoms with E-state index in [0.29, 0.717) is 5.92 Å². The van der Waals surface area contributed by atoms with Crippen molar-refractivity contribution in [1.29, 1.82) is 0 Å². The van der Waals surface area contributed by atoms with Gasteiger partial charge >= 0.3 is 6.03 Å². The molecule has 0 heterocycles. The number of carbonyl (C=O) groups is 1. The van der Waals surface area contributed by atoms with Crippen LogP contribution in [-0.4, -0.2) is 30.9 Å². The molecular weight excluding hydrogens is 292 g/mol. The standard InChI is InChI=1S/C18H26N2O3/c1-23-17-4-2-3-14-15(17)9-10-16(14)20-18(22)19-13-7-5-12(11-21)6-8-13/h2-4,12-13,16,21H,5-11H2,1H3,(H2,19,20,22). The molecule has 1 saturated carbocycles. The molecule has 0 aliphatic heterocycles. The van der Waals surface area contributed by atoms with Gasteiger partial charge in [-0.05, 0) is 61.6 Å². The normalized spacial score (nSPS) is 26.4. The molecule has 1 atom stereocenters. The lowest BCUT2D eigenvalue weighted by Crippen LogP contribution is -2.44. The number of amides is 2. The van der Waals surface area contributed by atoms with Crippen molar-refractivity contribution in [2.24, 2.45) is 5.92 Å². The van der Waals surface area contributed by atoms with Crippen molar-refractivity contribution in [2.75, 3.05) is 13.7 Å². The lowest BCUT2D eigenvalue weighted by molar-refractivity contribution is 0.174. The van der Waals surface area contributed by atoms with Gasteiger partial charge in [-0.3, -0.25) is 0 Å². The number of benzene rings is 1. The van der Waals surface area contributed by atoms with E-state index in [2.05, 4.69) is 16.7 Å². The predicted molar refractivity (Wildman–Crippen MR) is 88.6 cm³/mol. The lowest BCUT2D eigenvalue weighted by atomic mass is 9.87. The Hall–Kier alpha value is -1.75. The van der Waals surface area contributed by atoms with Crippen LogP contribution in [0.3, 0.4) is 0 Å². The molecule has 0 radical (unpaired) electrons. The maximum atomic E-state index is 12.3. The number of carbonyl (C=O) groups excluding carboxylic acids is 1. The number of hydrogen-bond acceptors (Lipinski definition) is 3. The van der Waals surface area contributed by atoms with E-state index < -0.39 is 0 Å². The molecule has 1 aromatic carbocycles. The average molecular weight is 318 g/mol. The molecule has 5 heteroatoms. The molecule has 5 nitrogen and oxygen atoms in total. The van der Waals surface area contributed by atoms with E-state index in [1.807, 2.05) is 12.1 Å². The Labute approximate surface area is 137 Å². The van der Waals surface area contributed by atoms with Gasteiger partial charge in [0.2, 0.25) is 0 Å². The summed E-state index contributed by atoms with van der Waals surface area (Å²) in [6, 6.07) is 6.23. The van der Waals surface area contributed by atoms with Crippen molar-refractivity contribution in [1.82, 2.24) is 10.6 Å². The Morgan fingerprint density at radius 1 is 1.22 bits per heavy atom. The van der Waals surface area contributed by atoms with E-state index in [9.17, 15) is 9.90 Å². The Morgan fingerprint density at radius 3 is 2.70 bits per heavy atom. The van der Waals surface area contributed by atoms with E-state index in [4.69, 9.17) is 4.74 Å². The van der Waals surface area contributed by atoms with Crippen LogP contribution < -0.4 is 15.4 Å². The fourth-order valence-corrected chi connectivity index (χ4v) is 3.84. The molecule has 1 aromatic rings. The Balaban J connectivity index is 1.54. The molecule has 126 valence electrons. The molecule has 0 aromatic heterocycles. The van der Waals surface area contributed by atoms with Crippen molar-refractivity contribution in [2.45, 2.75) is 50.6 Å². The summed E-state index contributed by atoms with van der Waals surface area (Å²) in [5, 5.41) is 15.4. The third-order valence-corrected chi connectivity index (χ3v) is 5.19. The Morgan fingerprint density at radius 2 is 2.00 bits per heavy atom. The number of rotatable bonds is 4. The molecule has 0 bridgehead atoms. The number of nitrogens with one attached hydrogen (secondary N) is 2. The summed E-state index contributed by atoms with van der Waals surface area (Å²) in [6.45, 7) is 0.263. The first-order valence-electron chi connectivity index (χ1n) is 8.55. The first kappa shape index (κ1) is 16.1. The molecule has 1 unspecified atom stereocenters. The van der Waals surface area contributed by atoms with Gasteiger partial charge in [0, 0.05) is 12.6 Å². The fraction of sp³-hybridized carbons (Fsp3) is 0.611. The summed E-state index contributed by atoms with van der Waals surface area (Å²) in [5.41, 5.74) is 2.38. The highest BCUT2D eigenvalue weighted by Crippen LogP contribution is 2.36. The van der Waals surface area contributed by atoms with Gasteiger partial charge < -0.3 is 20.5 Å². The maximum Gasteiger partial charge on any atom is 0.315 e. The van der Waals surface area contributed by atoms with Crippen LogP contribution in [-0.2, 0) is 6.42 Å². The summed E-state index contributed by atoms with van der Waals surface area (Å²) in [7, 11) is 1.69. The molecule has 1 fully saturated rings. The van der Waals surface area contributed by atoms with Crippen LogP contribution in [0.2, 0.25) is 0 Å². The van der Waals surface area contributed by atoms with Crippen LogP contribution in [0.1, 0.15) is 49.3 Å². The van der Waals surface area contributed by atoms with Crippen molar-refractivity contribution >= 4 is 6.03 Å². The minimum Gasteiger partial charge on any atom is -0.496 e. The zero-order valence-corrected chi connectivity index (χ0v) is 13.7. The molecule has 2 aliphatic rings. The quantitative estimate of drug-likeness (QED) is 0.799. The molecule has 0 spiro atoms. The second-order valence-corrected chi connectivity index (χ2v) is 6.64. The van der Waals surface area contributed by atoms with Crippen LogP contribution in [0.25, 0.3) is 0 Å². The van der Waals surface area contributed by atoms with Crippen molar-refractivity contribution in [3.05, 3.63) is 29.3 Å². The smallest absolute Gasteiger partial charge is 0.315 e. The highest BCUT2D eigenvalue weighted by atomic mass is 16.5. The summed E-state index contributed by atoms with van der Waals surface area (Å²) in [5.74, 6) is 1.32. The van der Waals surface area contributed by atoms with Crippen LogP contribution in [0.5, 0.6) is 5.75 Å². The maximum absolute atomic E-state index is 12.3. The summed E-state index contributed by atoms with van der Waals surface area (Å²) >= 11 is 0. The number of ether oxygens (including phenoxy) is 1. The predicted octanol–water partition coefficient (Wildman–Crippen LogP) is 2.53. The number of methoxy groups -OCH3 is 1. The topological polar surface area (TPSA) is 70.6 Å². The monoisotopic (exact) mass is 318 g/mol. The third-order valence-electron chi connectivity index (χ3n) is 5.19. The highest BCUT2D eigenvalue weighted by molar-refractivity contribution is 5.75. The largest absolute Gasteiger partial charge is 0.496 e. The molecule has 2 aliphatic carbocycles. The zero-order valence-electron chi connectivity index (χ0n) is 13.7. The van der Waals surface area contributed by atoms with E-state index in [1.165, 1.54) is 11.1 Å². The SMILES string of the molecule is COc1cccc2c1CCC2NC(=O)NC1CCC(CO)CC1. The Kier molecular flexibility index (Phi) is 5.06. The summed E-state index contributed by atoms with van der Waals surface area (Å²) in [6.07, 6.45) is 5.74. The van der Waals surface area contributed by atoms with E-state index in [1.54, 1.807) is 7.11 Å². The number of aliphatic hydroxyl groups is 1. The van der Waals surface area contributed by atoms with Gasteiger partial charge in [-0.15, -0.1) is 0 Å². The number of fused-ring (bicyclic) bond motifs is 1. The summed E-state index contributed by atoms with van der Waals surface area (Å²) < 4.78 is 5.40. The number of hydrogen-bond donors (Lipinski definition) is 3. The van der Waals surface area contributed by atoms with Crippen molar-refractivity contribution < 1.29 is 14.6 Å². The van der Waals surface area contributed by atoms with E-state index in [-0.39, 0.29) is 24.7 Å². The van der Waals surface area contributed by atoms with Gasteiger partial charge in [-0.2, -0.15) is 0 Å².